The third-order valence-corrected chi connectivity index (χ3v) is 5.58. The van der Waals surface area contributed by atoms with Crippen molar-refractivity contribution in [3.05, 3.63) is 30.1 Å². The molecule has 5 heteroatoms. The minimum absolute atomic E-state index is 0.120. The molecule has 0 aliphatic heterocycles. The lowest BCUT2D eigenvalue weighted by atomic mass is 9.96. The standard InChI is InChI=1S/C12H16FNO2S/c13-9-1-5-11(6-2-9)17(15,16)12-7-3-10(14)4-8-12/h1-2,5-6,10,12H,3-4,7-8,14H2. The van der Waals surface area contributed by atoms with Crippen LogP contribution in [0.3, 0.4) is 0 Å². The van der Waals surface area contributed by atoms with Crippen LogP contribution in [0, 0.1) is 5.82 Å². The Bertz CT molecular complexity index is 476. The zero-order valence-electron chi connectivity index (χ0n) is 9.47. The maximum atomic E-state index is 12.8. The van der Waals surface area contributed by atoms with Gasteiger partial charge in [-0.2, -0.15) is 0 Å². The molecule has 1 aromatic carbocycles. The fourth-order valence-corrected chi connectivity index (χ4v) is 4.01. The van der Waals surface area contributed by atoms with Gasteiger partial charge in [0.15, 0.2) is 9.84 Å². The topological polar surface area (TPSA) is 60.2 Å². The number of benzene rings is 1. The first kappa shape index (κ1) is 12.5. The van der Waals surface area contributed by atoms with Crippen molar-refractivity contribution in [1.82, 2.24) is 0 Å². The average molecular weight is 257 g/mol. The number of nitrogens with two attached hydrogens (primary N) is 1. The fraction of sp³-hybridized carbons (Fsp3) is 0.500. The SMILES string of the molecule is NC1CCC(S(=O)(=O)c2ccc(F)cc2)CC1. The second kappa shape index (κ2) is 4.74. The lowest BCUT2D eigenvalue weighted by Crippen LogP contribution is -2.33. The van der Waals surface area contributed by atoms with Gasteiger partial charge in [0, 0.05) is 6.04 Å². The molecule has 3 nitrogen and oxygen atoms in total. The van der Waals surface area contributed by atoms with Crippen molar-refractivity contribution in [2.75, 3.05) is 0 Å². The Morgan fingerprint density at radius 3 is 2.12 bits per heavy atom. The van der Waals surface area contributed by atoms with Crippen molar-refractivity contribution in [3.8, 4) is 0 Å². The van der Waals surface area contributed by atoms with E-state index in [1.54, 1.807) is 0 Å². The molecule has 0 aromatic heterocycles. The van der Waals surface area contributed by atoms with Crippen molar-refractivity contribution in [1.29, 1.82) is 0 Å². The van der Waals surface area contributed by atoms with Gasteiger partial charge < -0.3 is 5.73 Å². The molecule has 0 spiro atoms. The second-order valence-electron chi connectivity index (χ2n) is 4.54. The van der Waals surface area contributed by atoms with E-state index in [1.165, 1.54) is 24.3 Å². The van der Waals surface area contributed by atoms with Crippen LogP contribution in [0.15, 0.2) is 29.2 Å². The van der Waals surface area contributed by atoms with Crippen LogP contribution >= 0.6 is 0 Å². The predicted molar refractivity (Wildman–Crippen MR) is 63.8 cm³/mol. The molecular formula is C12H16FNO2S. The number of rotatable bonds is 2. The molecule has 0 bridgehead atoms. The molecule has 1 aromatic rings. The molecule has 94 valence electrons. The van der Waals surface area contributed by atoms with Crippen LogP contribution in [0.1, 0.15) is 25.7 Å². The molecule has 0 amide bonds. The van der Waals surface area contributed by atoms with Gasteiger partial charge in [0.05, 0.1) is 10.1 Å². The Hall–Kier alpha value is -0.940. The van der Waals surface area contributed by atoms with Gasteiger partial charge in [-0.25, -0.2) is 12.8 Å². The van der Waals surface area contributed by atoms with Crippen LogP contribution in [0.2, 0.25) is 0 Å². The zero-order chi connectivity index (χ0) is 12.5. The monoisotopic (exact) mass is 257 g/mol. The highest BCUT2D eigenvalue weighted by Gasteiger charge is 2.30. The van der Waals surface area contributed by atoms with Crippen molar-refractivity contribution < 1.29 is 12.8 Å². The summed E-state index contributed by atoms with van der Waals surface area (Å²) in [6, 6.07) is 5.15. The van der Waals surface area contributed by atoms with Crippen LogP contribution in [0.4, 0.5) is 4.39 Å². The third kappa shape index (κ3) is 2.66. The third-order valence-electron chi connectivity index (χ3n) is 3.30. The summed E-state index contributed by atoms with van der Waals surface area (Å²) in [4.78, 5) is 0.208. The average Bonchev–Trinajstić information content (AvgIpc) is 2.30. The van der Waals surface area contributed by atoms with Gasteiger partial charge >= 0.3 is 0 Å². The molecule has 2 rings (SSSR count). The Balaban J connectivity index is 2.21. The molecule has 0 unspecified atom stereocenters. The molecule has 1 fully saturated rings. The normalized spacial score (nSPS) is 25.8. The maximum Gasteiger partial charge on any atom is 0.181 e. The highest BCUT2D eigenvalue weighted by Crippen LogP contribution is 2.28. The molecule has 1 aliphatic rings. The number of sulfone groups is 1. The smallest absolute Gasteiger partial charge is 0.181 e. The summed E-state index contributed by atoms with van der Waals surface area (Å²) >= 11 is 0. The maximum absolute atomic E-state index is 12.8. The first-order valence-corrected chi connectivity index (χ1v) is 7.30. The number of hydrogen-bond donors (Lipinski definition) is 1. The first-order valence-electron chi connectivity index (χ1n) is 5.75. The van der Waals surface area contributed by atoms with Crippen molar-refractivity contribution in [2.45, 2.75) is 41.9 Å². The molecular weight excluding hydrogens is 241 g/mol. The van der Waals surface area contributed by atoms with E-state index in [9.17, 15) is 12.8 Å². The van der Waals surface area contributed by atoms with E-state index < -0.39 is 15.7 Å². The van der Waals surface area contributed by atoms with E-state index in [4.69, 9.17) is 5.73 Å². The van der Waals surface area contributed by atoms with Gasteiger partial charge in [-0.1, -0.05) is 0 Å². The number of halogens is 1. The minimum atomic E-state index is -3.32. The molecule has 1 aliphatic carbocycles. The lowest BCUT2D eigenvalue weighted by Gasteiger charge is -2.25. The van der Waals surface area contributed by atoms with Gasteiger partial charge in [0.2, 0.25) is 0 Å². The minimum Gasteiger partial charge on any atom is -0.328 e. The molecule has 0 radical (unpaired) electrons. The summed E-state index contributed by atoms with van der Waals surface area (Å²) in [6.45, 7) is 0. The zero-order valence-corrected chi connectivity index (χ0v) is 10.3. The summed E-state index contributed by atoms with van der Waals surface area (Å²) in [5.41, 5.74) is 5.75. The summed E-state index contributed by atoms with van der Waals surface area (Å²) in [6.07, 6.45) is 2.68. The van der Waals surface area contributed by atoms with Gasteiger partial charge in [-0.3, -0.25) is 0 Å². The summed E-state index contributed by atoms with van der Waals surface area (Å²) in [5, 5.41) is -0.368. The highest BCUT2D eigenvalue weighted by atomic mass is 32.2. The van der Waals surface area contributed by atoms with E-state index in [1.807, 2.05) is 0 Å². The predicted octanol–water partition coefficient (Wildman–Crippen LogP) is 1.87. The molecule has 0 heterocycles. The molecule has 2 N–H and O–H groups in total. The van der Waals surface area contributed by atoms with Crippen LogP contribution in [-0.2, 0) is 9.84 Å². The Kier molecular flexibility index (Phi) is 3.49. The van der Waals surface area contributed by atoms with Crippen molar-refractivity contribution in [3.63, 3.8) is 0 Å². The van der Waals surface area contributed by atoms with E-state index >= 15 is 0 Å². The van der Waals surface area contributed by atoms with Crippen LogP contribution in [0.25, 0.3) is 0 Å². The summed E-state index contributed by atoms with van der Waals surface area (Å²) in [7, 11) is -3.32. The van der Waals surface area contributed by atoms with Crippen LogP contribution in [-0.4, -0.2) is 19.7 Å². The van der Waals surface area contributed by atoms with Gasteiger partial charge in [0.1, 0.15) is 5.82 Å². The Morgan fingerprint density at radius 1 is 1.06 bits per heavy atom. The van der Waals surface area contributed by atoms with E-state index in [2.05, 4.69) is 0 Å². The molecule has 0 atom stereocenters. The summed E-state index contributed by atoms with van der Waals surface area (Å²) < 4.78 is 37.2. The van der Waals surface area contributed by atoms with Crippen molar-refractivity contribution in [2.24, 2.45) is 5.73 Å². The van der Waals surface area contributed by atoms with E-state index in [0.717, 1.165) is 12.8 Å². The van der Waals surface area contributed by atoms with Gasteiger partial charge in [0.25, 0.3) is 0 Å². The van der Waals surface area contributed by atoms with Crippen LogP contribution < -0.4 is 5.73 Å². The van der Waals surface area contributed by atoms with E-state index in [-0.39, 0.29) is 16.2 Å². The summed E-state index contributed by atoms with van der Waals surface area (Å²) in [5.74, 6) is -0.422. The van der Waals surface area contributed by atoms with Gasteiger partial charge in [-0.15, -0.1) is 0 Å². The first-order chi connectivity index (χ1) is 8.00. The second-order valence-corrected chi connectivity index (χ2v) is 6.76. The molecule has 1 saturated carbocycles. The number of hydrogen-bond acceptors (Lipinski definition) is 3. The lowest BCUT2D eigenvalue weighted by molar-refractivity contribution is 0.433. The Morgan fingerprint density at radius 2 is 1.59 bits per heavy atom. The van der Waals surface area contributed by atoms with Crippen LogP contribution in [0.5, 0.6) is 0 Å². The van der Waals surface area contributed by atoms with E-state index in [0.29, 0.717) is 12.8 Å². The Labute approximate surface area is 101 Å². The van der Waals surface area contributed by atoms with Gasteiger partial charge in [-0.05, 0) is 49.9 Å². The van der Waals surface area contributed by atoms with Crippen molar-refractivity contribution >= 4 is 9.84 Å². The quantitative estimate of drug-likeness (QED) is 0.823. The largest absolute Gasteiger partial charge is 0.328 e. The highest BCUT2D eigenvalue weighted by molar-refractivity contribution is 7.92. The fourth-order valence-electron chi connectivity index (χ4n) is 2.22. The molecule has 0 saturated heterocycles. The molecule has 17 heavy (non-hydrogen) atoms.